The van der Waals surface area contributed by atoms with Crippen LogP contribution < -0.4 is 11.0 Å². The van der Waals surface area contributed by atoms with Gasteiger partial charge in [-0.25, -0.2) is 0 Å². The molecule has 0 heterocycles. The van der Waals surface area contributed by atoms with E-state index >= 15 is 0 Å². The van der Waals surface area contributed by atoms with Crippen LogP contribution >= 0.6 is 23.1 Å². The van der Waals surface area contributed by atoms with Crippen molar-refractivity contribution in [3.8, 4) is 0 Å². The van der Waals surface area contributed by atoms with Gasteiger partial charge in [-0.15, -0.1) is 0 Å². The molecule has 12 heavy (non-hydrogen) atoms. The molecule has 4 heteroatoms. The lowest BCUT2D eigenvalue weighted by molar-refractivity contribution is 0.588. The van der Waals surface area contributed by atoms with Gasteiger partial charge in [0.05, 0.1) is 5.69 Å². The Morgan fingerprint density at radius 1 is 1.42 bits per heavy atom. The van der Waals surface area contributed by atoms with E-state index in [4.69, 9.17) is 5.73 Å². The van der Waals surface area contributed by atoms with Gasteiger partial charge in [0.2, 0.25) is 0 Å². The Hall–Kier alpha value is -0.270. The number of para-hydroxylation sites is 1. The molecular formula is C8H11BrNOP. The minimum atomic E-state index is -2.24. The van der Waals surface area contributed by atoms with E-state index in [2.05, 4.69) is 15.9 Å². The van der Waals surface area contributed by atoms with E-state index in [0.29, 0.717) is 5.69 Å². The molecule has 0 fully saturated rings. The zero-order valence-electron chi connectivity index (χ0n) is 7.04. The Kier molecular flexibility index (Phi) is 2.64. The molecule has 0 unspecified atom stereocenters. The van der Waals surface area contributed by atoms with Crippen molar-refractivity contribution in [1.82, 2.24) is 0 Å². The van der Waals surface area contributed by atoms with Gasteiger partial charge >= 0.3 is 0 Å². The SMILES string of the molecule is CP(C)(=O)c1cccc(Br)c1N. The van der Waals surface area contributed by atoms with E-state index in [1.807, 2.05) is 12.1 Å². The molecular weight excluding hydrogens is 237 g/mol. The van der Waals surface area contributed by atoms with Gasteiger partial charge in [0.1, 0.15) is 7.14 Å². The van der Waals surface area contributed by atoms with E-state index < -0.39 is 7.14 Å². The van der Waals surface area contributed by atoms with Crippen molar-refractivity contribution in [2.75, 3.05) is 19.1 Å². The smallest absolute Gasteiger partial charge is 0.111 e. The molecule has 0 radical (unpaired) electrons. The third kappa shape index (κ3) is 1.90. The summed E-state index contributed by atoms with van der Waals surface area (Å²) in [6.45, 7) is 3.43. The van der Waals surface area contributed by atoms with E-state index in [0.717, 1.165) is 9.78 Å². The highest BCUT2D eigenvalue weighted by molar-refractivity contribution is 9.10. The zero-order valence-corrected chi connectivity index (χ0v) is 9.52. The number of halogens is 1. The topological polar surface area (TPSA) is 43.1 Å². The van der Waals surface area contributed by atoms with E-state index in [1.165, 1.54) is 0 Å². The first-order valence-corrected chi connectivity index (χ1v) is 6.92. The van der Waals surface area contributed by atoms with Gasteiger partial charge in [-0.1, -0.05) is 6.07 Å². The molecule has 0 bridgehead atoms. The van der Waals surface area contributed by atoms with Crippen LogP contribution in [0.15, 0.2) is 22.7 Å². The van der Waals surface area contributed by atoms with Crippen LogP contribution in [0.4, 0.5) is 5.69 Å². The lowest BCUT2D eigenvalue weighted by atomic mass is 10.3. The van der Waals surface area contributed by atoms with Gasteiger partial charge in [-0.3, -0.25) is 0 Å². The first-order chi connectivity index (χ1) is 5.43. The maximum atomic E-state index is 11.7. The van der Waals surface area contributed by atoms with Crippen molar-refractivity contribution in [1.29, 1.82) is 0 Å². The van der Waals surface area contributed by atoms with Crippen molar-refractivity contribution >= 4 is 34.1 Å². The van der Waals surface area contributed by atoms with Crippen LogP contribution in [0.25, 0.3) is 0 Å². The number of hydrogen-bond donors (Lipinski definition) is 1. The summed E-state index contributed by atoms with van der Waals surface area (Å²) in [6.07, 6.45) is 0. The molecule has 0 atom stereocenters. The Bertz CT molecular complexity index is 345. The summed E-state index contributed by atoms with van der Waals surface area (Å²) in [5, 5.41) is 0.747. The number of hydrogen-bond acceptors (Lipinski definition) is 2. The Labute approximate surface area is 80.7 Å². The monoisotopic (exact) mass is 247 g/mol. The Balaban J connectivity index is 3.36. The van der Waals surface area contributed by atoms with Crippen molar-refractivity contribution < 1.29 is 4.57 Å². The summed E-state index contributed by atoms with van der Waals surface area (Å²) < 4.78 is 12.5. The predicted molar refractivity (Wildman–Crippen MR) is 57.6 cm³/mol. The van der Waals surface area contributed by atoms with E-state index in [-0.39, 0.29) is 0 Å². The zero-order chi connectivity index (χ0) is 9.35. The molecule has 1 aromatic carbocycles. The van der Waals surface area contributed by atoms with Crippen LogP contribution in [0.3, 0.4) is 0 Å². The third-order valence-electron chi connectivity index (χ3n) is 1.61. The average molecular weight is 248 g/mol. The van der Waals surface area contributed by atoms with Gasteiger partial charge < -0.3 is 10.3 Å². The summed E-state index contributed by atoms with van der Waals surface area (Å²) in [5.74, 6) is 0. The summed E-state index contributed by atoms with van der Waals surface area (Å²) >= 11 is 3.29. The van der Waals surface area contributed by atoms with Crippen LogP contribution in [0, 0.1) is 0 Å². The lowest BCUT2D eigenvalue weighted by Crippen LogP contribution is -2.09. The molecule has 0 aromatic heterocycles. The first kappa shape index (κ1) is 9.82. The van der Waals surface area contributed by atoms with Gasteiger partial charge in [0.25, 0.3) is 0 Å². The van der Waals surface area contributed by atoms with Crippen LogP contribution in [0.1, 0.15) is 0 Å². The molecule has 2 nitrogen and oxygen atoms in total. The standard InChI is InChI=1S/C8H11BrNOP/c1-12(2,11)7-5-3-4-6(9)8(7)10/h3-5H,10H2,1-2H3. The number of nitrogen functional groups attached to an aromatic ring is 1. The summed E-state index contributed by atoms with van der Waals surface area (Å²) in [6, 6.07) is 5.49. The fourth-order valence-corrected chi connectivity index (χ4v) is 2.66. The quantitative estimate of drug-likeness (QED) is 0.612. The van der Waals surface area contributed by atoms with Crippen LogP contribution in [-0.4, -0.2) is 13.3 Å². The number of rotatable bonds is 1. The van der Waals surface area contributed by atoms with Crippen molar-refractivity contribution in [2.45, 2.75) is 0 Å². The van der Waals surface area contributed by atoms with Crippen LogP contribution in [-0.2, 0) is 4.57 Å². The molecule has 2 N–H and O–H groups in total. The maximum absolute atomic E-state index is 11.7. The minimum Gasteiger partial charge on any atom is -0.397 e. The molecule has 1 rings (SSSR count). The number of nitrogens with two attached hydrogens (primary N) is 1. The van der Waals surface area contributed by atoms with Gasteiger partial charge in [0.15, 0.2) is 0 Å². The Morgan fingerprint density at radius 2 is 2.00 bits per heavy atom. The first-order valence-electron chi connectivity index (χ1n) is 3.52. The highest BCUT2D eigenvalue weighted by Crippen LogP contribution is 2.38. The summed E-state index contributed by atoms with van der Waals surface area (Å²) in [4.78, 5) is 0. The summed E-state index contributed by atoms with van der Waals surface area (Å²) in [7, 11) is -2.24. The van der Waals surface area contributed by atoms with Crippen molar-refractivity contribution in [2.24, 2.45) is 0 Å². The number of benzene rings is 1. The van der Waals surface area contributed by atoms with Gasteiger partial charge in [-0.05, 0) is 41.4 Å². The molecule has 0 aliphatic rings. The third-order valence-corrected chi connectivity index (χ3v) is 3.85. The van der Waals surface area contributed by atoms with E-state index in [9.17, 15) is 4.57 Å². The lowest BCUT2D eigenvalue weighted by Gasteiger charge is -2.10. The fourth-order valence-electron chi connectivity index (χ4n) is 0.995. The minimum absolute atomic E-state index is 0.589. The van der Waals surface area contributed by atoms with Gasteiger partial charge in [-0.2, -0.15) is 0 Å². The van der Waals surface area contributed by atoms with Crippen molar-refractivity contribution in [3.63, 3.8) is 0 Å². The van der Waals surface area contributed by atoms with Gasteiger partial charge in [0, 0.05) is 9.78 Å². The molecule has 0 aliphatic carbocycles. The number of anilines is 1. The molecule has 0 amide bonds. The molecule has 1 aromatic rings. The maximum Gasteiger partial charge on any atom is 0.111 e. The molecule has 0 saturated carbocycles. The second kappa shape index (κ2) is 3.23. The normalized spacial score (nSPS) is 11.6. The molecule has 0 spiro atoms. The van der Waals surface area contributed by atoms with Crippen LogP contribution in [0.2, 0.25) is 0 Å². The second-order valence-electron chi connectivity index (χ2n) is 3.02. The largest absolute Gasteiger partial charge is 0.397 e. The van der Waals surface area contributed by atoms with E-state index in [1.54, 1.807) is 19.4 Å². The average Bonchev–Trinajstić information content (AvgIpc) is 1.92. The molecule has 0 saturated heterocycles. The van der Waals surface area contributed by atoms with Crippen molar-refractivity contribution in [3.05, 3.63) is 22.7 Å². The summed E-state index contributed by atoms with van der Waals surface area (Å²) in [5.41, 5.74) is 6.34. The fraction of sp³-hybridized carbons (Fsp3) is 0.250. The highest BCUT2D eigenvalue weighted by atomic mass is 79.9. The Morgan fingerprint density at radius 3 is 2.42 bits per heavy atom. The predicted octanol–water partition coefficient (Wildman–Crippen LogP) is 2.28. The van der Waals surface area contributed by atoms with Crippen LogP contribution in [0.5, 0.6) is 0 Å². The highest BCUT2D eigenvalue weighted by Gasteiger charge is 2.15. The second-order valence-corrected chi connectivity index (χ2v) is 7.06. The molecule has 66 valence electrons. The molecule has 0 aliphatic heterocycles.